The molecule has 1 N–H and O–H groups in total. The summed E-state index contributed by atoms with van der Waals surface area (Å²) in [5.74, 6) is -1.23. The molecule has 1 aromatic heterocycles. The summed E-state index contributed by atoms with van der Waals surface area (Å²) in [5.41, 5.74) is 3.04. The number of hydrogen-bond donors (Lipinski definition) is 1. The molecule has 0 aliphatic carbocycles. The quantitative estimate of drug-likeness (QED) is 0.720. The number of aromatic amines is 1. The fourth-order valence-corrected chi connectivity index (χ4v) is 3.70. The zero-order chi connectivity index (χ0) is 20.7. The topological polar surface area (TPSA) is 56.4 Å². The Bertz CT molecular complexity index is 1170. The van der Waals surface area contributed by atoms with Gasteiger partial charge in [-0.1, -0.05) is 6.92 Å². The summed E-state index contributed by atoms with van der Waals surface area (Å²) in [6.07, 6.45) is 0.589. The van der Waals surface area contributed by atoms with E-state index in [1.807, 2.05) is 11.8 Å². The van der Waals surface area contributed by atoms with E-state index in [2.05, 4.69) is 4.98 Å². The summed E-state index contributed by atoms with van der Waals surface area (Å²) in [5, 5.41) is 0. The van der Waals surface area contributed by atoms with Crippen LogP contribution in [-0.2, 0) is 6.42 Å². The van der Waals surface area contributed by atoms with Gasteiger partial charge in [0.15, 0.2) is 0 Å². The molecule has 29 heavy (non-hydrogen) atoms. The second-order valence-electron chi connectivity index (χ2n) is 6.92. The third kappa shape index (κ3) is 3.29. The molecule has 4 rings (SSSR count). The van der Waals surface area contributed by atoms with Gasteiger partial charge in [0.05, 0.1) is 16.9 Å². The number of carbonyl (C=O) groups excluding carboxylic acids is 1. The lowest BCUT2D eigenvalue weighted by molar-refractivity contribution is 0.0983. The summed E-state index contributed by atoms with van der Waals surface area (Å²) in [6, 6.07) is 11.5. The average molecular weight is 395 g/mol. The van der Waals surface area contributed by atoms with Gasteiger partial charge < -0.3 is 9.88 Å². The number of carbonyl (C=O) groups is 1. The SMILES string of the molecule is CCc1cc(F)ccc1N1CN(c2ccc(=O)[nH]c2C)C(=O)c2cc(F)ccc21. The molecule has 0 fully saturated rings. The molecule has 1 aliphatic heterocycles. The molecule has 0 atom stereocenters. The van der Waals surface area contributed by atoms with Crippen LogP contribution in [0.2, 0.25) is 0 Å². The maximum Gasteiger partial charge on any atom is 0.262 e. The Morgan fingerprint density at radius 3 is 2.24 bits per heavy atom. The van der Waals surface area contributed by atoms with Gasteiger partial charge in [-0.3, -0.25) is 14.5 Å². The molecule has 0 saturated heterocycles. The van der Waals surface area contributed by atoms with Crippen LogP contribution >= 0.6 is 0 Å². The maximum atomic E-state index is 14.0. The number of fused-ring (bicyclic) bond motifs is 1. The summed E-state index contributed by atoms with van der Waals surface area (Å²) in [4.78, 5) is 30.8. The molecule has 0 bridgehead atoms. The van der Waals surface area contributed by atoms with E-state index in [0.717, 1.165) is 11.3 Å². The fourth-order valence-electron chi connectivity index (χ4n) is 3.70. The van der Waals surface area contributed by atoms with E-state index in [1.54, 1.807) is 25.1 Å². The first-order valence-corrected chi connectivity index (χ1v) is 9.26. The van der Waals surface area contributed by atoms with Crippen LogP contribution in [0.5, 0.6) is 0 Å². The second kappa shape index (κ2) is 7.16. The number of aromatic nitrogens is 1. The second-order valence-corrected chi connectivity index (χ2v) is 6.92. The standard InChI is InChI=1S/C22H19F2N3O2/c1-3-14-10-15(23)4-6-19(14)26-12-27(18-8-9-21(28)25-13(18)2)22(29)17-11-16(24)5-7-20(17)26/h4-11H,3,12H2,1-2H3,(H,25,28). The van der Waals surface area contributed by atoms with Crippen molar-refractivity contribution in [2.24, 2.45) is 0 Å². The first-order valence-electron chi connectivity index (χ1n) is 9.26. The Hall–Kier alpha value is -3.48. The van der Waals surface area contributed by atoms with Gasteiger partial charge in [0.2, 0.25) is 5.56 Å². The monoisotopic (exact) mass is 395 g/mol. The Morgan fingerprint density at radius 2 is 1.55 bits per heavy atom. The number of hydrogen-bond acceptors (Lipinski definition) is 3. The molecule has 148 valence electrons. The van der Waals surface area contributed by atoms with Crippen molar-refractivity contribution >= 4 is 23.0 Å². The number of benzene rings is 2. The van der Waals surface area contributed by atoms with Gasteiger partial charge in [-0.15, -0.1) is 0 Å². The molecule has 5 nitrogen and oxygen atoms in total. The lowest BCUT2D eigenvalue weighted by atomic mass is 10.0. The molecule has 3 aromatic rings. The van der Waals surface area contributed by atoms with E-state index in [-0.39, 0.29) is 29.5 Å². The number of aryl methyl sites for hydroxylation is 2. The van der Waals surface area contributed by atoms with Crippen LogP contribution in [0, 0.1) is 18.6 Å². The van der Waals surface area contributed by atoms with Crippen LogP contribution in [0.1, 0.15) is 28.5 Å². The zero-order valence-electron chi connectivity index (χ0n) is 16.0. The number of H-pyrrole nitrogens is 1. The summed E-state index contributed by atoms with van der Waals surface area (Å²) in [7, 11) is 0. The average Bonchev–Trinajstić information content (AvgIpc) is 2.69. The summed E-state index contributed by atoms with van der Waals surface area (Å²) < 4.78 is 27.7. The van der Waals surface area contributed by atoms with Crippen molar-refractivity contribution in [2.45, 2.75) is 20.3 Å². The van der Waals surface area contributed by atoms with E-state index in [0.29, 0.717) is 23.5 Å². The smallest absolute Gasteiger partial charge is 0.262 e. The number of nitrogens with zero attached hydrogens (tertiary/aromatic N) is 2. The number of anilines is 3. The Morgan fingerprint density at radius 1 is 0.897 bits per heavy atom. The summed E-state index contributed by atoms with van der Waals surface area (Å²) >= 11 is 0. The lowest BCUT2D eigenvalue weighted by Gasteiger charge is -2.39. The van der Waals surface area contributed by atoms with Crippen LogP contribution in [0.25, 0.3) is 0 Å². The Kier molecular flexibility index (Phi) is 4.66. The molecule has 1 aliphatic rings. The molecule has 2 aromatic carbocycles. The van der Waals surface area contributed by atoms with Crippen molar-refractivity contribution in [3.05, 3.63) is 87.3 Å². The predicted molar refractivity (Wildman–Crippen MR) is 108 cm³/mol. The highest BCUT2D eigenvalue weighted by Crippen LogP contribution is 2.38. The van der Waals surface area contributed by atoms with E-state index < -0.39 is 5.82 Å². The van der Waals surface area contributed by atoms with Crippen molar-refractivity contribution in [3.63, 3.8) is 0 Å². The molecule has 2 heterocycles. The van der Waals surface area contributed by atoms with Crippen molar-refractivity contribution in [1.82, 2.24) is 4.98 Å². The van der Waals surface area contributed by atoms with Crippen LogP contribution in [0.15, 0.2) is 53.3 Å². The van der Waals surface area contributed by atoms with Gasteiger partial charge in [-0.2, -0.15) is 0 Å². The predicted octanol–water partition coefficient (Wildman–Crippen LogP) is 4.28. The highest BCUT2D eigenvalue weighted by Gasteiger charge is 2.33. The third-order valence-electron chi connectivity index (χ3n) is 5.10. The van der Waals surface area contributed by atoms with Gasteiger partial charge >= 0.3 is 0 Å². The van der Waals surface area contributed by atoms with E-state index in [1.165, 1.54) is 35.2 Å². The van der Waals surface area contributed by atoms with Crippen LogP contribution in [-0.4, -0.2) is 17.6 Å². The van der Waals surface area contributed by atoms with Gasteiger partial charge in [0, 0.05) is 17.4 Å². The first kappa shape index (κ1) is 18.9. The van der Waals surface area contributed by atoms with Crippen LogP contribution in [0.4, 0.5) is 25.8 Å². The number of rotatable bonds is 3. The minimum Gasteiger partial charge on any atom is -0.324 e. The highest BCUT2D eigenvalue weighted by molar-refractivity contribution is 6.12. The molecule has 7 heteroatoms. The Labute approximate surface area is 166 Å². The van der Waals surface area contributed by atoms with Gasteiger partial charge in [-0.25, -0.2) is 8.78 Å². The van der Waals surface area contributed by atoms with Crippen molar-refractivity contribution in [1.29, 1.82) is 0 Å². The number of pyridine rings is 1. The molecular weight excluding hydrogens is 376 g/mol. The van der Waals surface area contributed by atoms with Gasteiger partial charge in [0.1, 0.15) is 18.3 Å². The number of halogens is 2. The highest BCUT2D eigenvalue weighted by atomic mass is 19.1. The zero-order valence-corrected chi connectivity index (χ0v) is 16.0. The molecule has 1 amide bonds. The van der Waals surface area contributed by atoms with Crippen molar-refractivity contribution in [2.75, 3.05) is 16.5 Å². The Balaban J connectivity index is 1.91. The maximum absolute atomic E-state index is 14.0. The van der Waals surface area contributed by atoms with Crippen molar-refractivity contribution < 1.29 is 13.6 Å². The first-order chi connectivity index (χ1) is 13.9. The largest absolute Gasteiger partial charge is 0.324 e. The molecule has 0 saturated carbocycles. The van der Waals surface area contributed by atoms with Crippen LogP contribution in [0.3, 0.4) is 0 Å². The van der Waals surface area contributed by atoms with E-state index in [4.69, 9.17) is 0 Å². The molecule has 0 spiro atoms. The summed E-state index contributed by atoms with van der Waals surface area (Å²) in [6.45, 7) is 3.76. The lowest BCUT2D eigenvalue weighted by Crippen LogP contribution is -2.45. The molecule has 0 unspecified atom stereocenters. The third-order valence-corrected chi connectivity index (χ3v) is 5.10. The normalized spacial score (nSPS) is 13.6. The number of nitrogens with one attached hydrogen (secondary N) is 1. The minimum absolute atomic E-state index is 0.142. The molecular formula is C22H19F2N3O2. The number of amides is 1. The molecule has 0 radical (unpaired) electrons. The minimum atomic E-state index is -0.521. The van der Waals surface area contributed by atoms with E-state index in [9.17, 15) is 18.4 Å². The van der Waals surface area contributed by atoms with Crippen LogP contribution < -0.4 is 15.4 Å². The van der Waals surface area contributed by atoms with Gasteiger partial charge in [-0.05, 0) is 61.4 Å². The van der Waals surface area contributed by atoms with Crippen molar-refractivity contribution in [3.8, 4) is 0 Å². The van der Waals surface area contributed by atoms with E-state index >= 15 is 0 Å². The fraction of sp³-hybridized carbons (Fsp3) is 0.182. The van der Waals surface area contributed by atoms with Gasteiger partial charge in [0.25, 0.3) is 5.91 Å².